The molecule has 0 aliphatic heterocycles. The van der Waals surface area contributed by atoms with E-state index in [2.05, 4.69) is 137 Å². The van der Waals surface area contributed by atoms with E-state index >= 15 is 0 Å². The van der Waals surface area contributed by atoms with Crippen molar-refractivity contribution < 1.29 is 0 Å². The Hall–Kier alpha value is -1.91. The molecule has 0 radical (unpaired) electrons. The molecule has 36 heavy (non-hydrogen) atoms. The van der Waals surface area contributed by atoms with Crippen molar-refractivity contribution >= 4 is 13.2 Å². The van der Waals surface area contributed by atoms with Crippen molar-refractivity contribution in [3.8, 4) is 22.3 Å². The molecule has 0 spiro atoms. The Kier molecular flexibility index (Phi) is 8.94. The van der Waals surface area contributed by atoms with E-state index in [1.54, 1.807) is 5.30 Å². The smallest absolute Gasteiger partial charge is 0.00813 e. The lowest BCUT2D eigenvalue weighted by atomic mass is 9.82. The van der Waals surface area contributed by atoms with Crippen LogP contribution < -0.4 is 5.30 Å². The second-order valence-electron chi connectivity index (χ2n) is 12.7. The summed E-state index contributed by atoms with van der Waals surface area (Å²) in [5.41, 5.74) is 11.7. The summed E-state index contributed by atoms with van der Waals surface area (Å²) in [6.07, 6.45) is 0. The predicted molar refractivity (Wildman–Crippen MR) is 166 cm³/mol. The Morgan fingerprint density at radius 2 is 0.778 bits per heavy atom. The van der Waals surface area contributed by atoms with Crippen molar-refractivity contribution in [3.63, 3.8) is 0 Å². The minimum Gasteiger partial charge on any atom is -0.0716 e. The maximum absolute atomic E-state index is 2.51. The van der Waals surface area contributed by atoms with Crippen LogP contribution in [0.15, 0.2) is 54.6 Å². The Morgan fingerprint density at radius 1 is 0.500 bits per heavy atom. The second kappa shape index (κ2) is 11.2. The Bertz CT molecular complexity index is 1050. The molecule has 0 fully saturated rings. The number of rotatable bonds is 7. The Balaban J connectivity index is 2.57. The van der Waals surface area contributed by atoms with E-state index in [1.807, 2.05) is 0 Å². The van der Waals surface area contributed by atoms with E-state index in [-0.39, 0.29) is 5.16 Å². The fourth-order valence-corrected chi connectivity index (χ4v) is 7.13. The summed E-state index contributed by atoms with van der Waals surface area (Å²) in [5, 5.41) is 1.78. The molecule has 194 valence electrons. The largest absolute Gasteiger partial charge is 0.0716 e. The van der Waals surface area contributed by atoms with Crippen LogP contribution >= 0.6 is 7.92 Å². The number of benzene rings is 3. The third-order valence-electron chi connectivity index (χ3n) is 7.66. The van der Waals surface area contributed by atoms with E-state index in [9.17, 15) is 0 Å². The van der Waals surface area contributed by atoms with Gasteiger partial charge in [-0.2, -0.15) is 0 Å². The first-order valence-electron chi connectivity index (χ1n) is 13.9. The first-order chi connectivity index (χ1) is 16.8. The van der Waals surface area contributed by atoms with Gasteiger partial charge in [0, 0.05) is 0 Å². The van der Waals surface area contributed by atoms with Gasteiger partial charge in [0.15, 0.2) is 0 Å². The van der Waals surface area contributed by atoms with Gasteiger partial charge in [0.05, 0.1) is 0 Å². The van der Waals surface area contributed by atoms with E-state index in [0.29, 0.717) is 23.7 Å². The van der Waals surface area contributed by atoms with E-state index in [4.69, 9.17) is 0 Å². The van der Waals surface area contributed by atoms with E-state index < -0.39 is 7.92 Å². The summed E-state index contributed by atoms with van der Waals surface area (Å²) in [5.74, 6) is 1.90. The van der Waals surface area contributed by atoms with Gasteiger partial charge in [0.1, 0.15) is 0 Å². The van der Waals surface area contributed by atoms with Gasteiger partial charge < -0.3 is 0 Å². The molecule has 0 aliphatic carbocycles. The van der Waals surface area contributed by atoms with Gasteiger partial charge in [-0.05, 0) is 85.3 Å². The van der Waals surface area contributed by atoms with Gasteiger partial charge in [-0.15, -0.1) is 0 Å². The maximum Gasteiger partial charge on any atom is -0.00813 e. The fourth-order valence-electron chi connectivity index (χ4n) is 5.37. The molecular formula is C35H49P. The molecular weight excluding hydrogens is 451 g/mol. The number of hydrogen-bond acceptors (Lipinski definition) is 0. The monoisotopic (exact) mass is 500 g/mol. The minimum absolute atomic E-state index is 0.204. The molecule has 3 rings (SSSR count). The molecule has 0 aromatic heterocycles. The van der Waals surface area contributed by atoms with Gasteiger partial charge in [0.2, 0.25) is 0 Å². The van der Waals surface area contributed by atoms with Crippen LogP contribution in [0.5, 0.6) is 0 Å². The molecule has 3 aromatic rings. The number of hydrogen-bond donors (Lipinski definition) is 0. The normalized spacial score (nSPS) is 13.3. The van der Waals surface area contributed by atoms with Crippen molar-refractivity contribution in [2.75, 3.05) is 6.66 Å². The van der Waals surface area contributed by atoms with Gasteiger partial charge in [-0.3, -0.25) is 0 Å². The molecule has 0 nitrogen and oxygen atoms in total. The van der Waals surface area contributed by atoms with Gasteiger partial charge in [0.25, 0.3) is 0 Å². The lowest BCUT2D eigenvalue weighted by Crippen LogP contribution is -2.23. The Morgan fingerprint density at radius 3 is 1.03 bits per heavy atom. The van der Waals surface area contributed by atoms with Crippen molar-refractivity contribution in [1.82, 2.24) is 0 Å². The van der Waals surface area contributed by atoms with Crippen LogP contribution in [-0.2, 0) is 0 Å². The molecule has 0 amide bonds. The molecule has 0 saturated carbocycles. The summed E-state index contributed by atoms with van der Waals surface area (Å²) in [6, 6.07) is 21.1. The summed E-state index contributed by atoms with van der Waals surface area (Å²) < 4.78 is 0. The minimum atomic E-state index is -0.432. The van der Waals surface area contributed by atoms with Gasteiger partial charge in [-0.1, -0.05) is 139 Å². The van der Waals surface area contributed by atoms with Crippen LogP contribution in [-0.4, -0.2) is 11.8 Å². The molecule has 0 heterocycles. The molecule has 1 unspecified atom stereocenters. The summed E-state index contributed by atoms with van der Waals surface area (Å²) in [4.78, 5) is 0. The highest BCUT2D eigenvalue weighted by Crippen LogP contribution is 2.52. The van der Waals surface area contributed by atoms with Crippen molar-refractivity contribution in [3.05, 3.63) is 76.9 Å². The highest BCUT2D eigenvalue weighted by molar-refractivity contribution is 7.67. The van der Waals surface area contributed by atoms with Crippen LogP contribution in [0.2, 0.25) is 0 Å². The molecule has 0 aliphatic rings. The fraction of sp³-hybridized carbons (Fsp3) is 0.486. The standard InChI is InChI=1S/C35H49P/c1-22(2)26-16-13-17-27(23(3)4)32(26)30-20-15-21-31(34(30)36(12)35(9,10)11)33-28(24(5)6)18-14-19-29(33)25(7)8/h13-25H,1-12H3. The first kappa shape index (κ1) is 28.7. The SMILES string of the molecule is CC(C)c1cccc(C(C)C)c1-c1cccc(-c2c(C(C)C)cccc2C(C)C)c1P(C)C(C)(C)C. The van der Waals surface area contributed by atoms with Crippen LogP contribution in [0.4, 0.5) is 0 Å². The van der Waals surface area contributed by atoms with Crippen LogP contribution in [0.3, 0.4) is 0 Å². The molecule has 0 N–H and O–H groups in total. The summed E-state index contributed by atoms with van der Waals surface area (Å²) >= 11 is 0. The maximum atomic E-state index is 2.51. The molecule has 1 heteroatoms. The quantitative estimate of drug-likeness (QED) is 0.283. The van der Waals surface area contributed by atoms with Crippen molar-refractivity contribution in [2.24, 2.45) is 0 Å². The van der Waals surface area contributed by atoms with Crippen molar-refractivity contribution in [1.29, 1.82) is 0 Å². The average molecular weight is 501 g/mol. The van der Waals surface area contributed by atoms with Crippen LogP contribution in [0, 0.1) is 0 Å². The van der Waals surface area contributed by atoms with E-state index in [1.165, 1.54) is 44.5 Å². The lowest BCUT2D eigenvalue weighted by Gasteiger charge is -2.34. The summed E-state index contributed by atoms with van der Waals surface area (Å²) in [6.45, 7) is 28.5. The summed E-state index contributed by atoms with van der Waals surface area (Å²) in [7, 11) is -0.432. The van der Waals surface area contributed by atoms with Crippen LogP contribution in [0.25, 0.3) is 22.3 Å². The van der Waals surface area contributed by atoms with Crippen molar-refractivity contribution in [2.45, 2.75) is 105 Å². The highest BCUT2D eigenvalue weighted by atomic mass is 31.1. The predicted octanol–water partition coefficient (Wildman–Crippen LogP) is 11.0. The van der Waals surface area contributed by atoms with Gasteiger partial charge >= 0.3 is 0 Å². The zero-order valence-electron chi connectivity index (χ0n) is 25.0. The van der Waals surface area contributed by atoms with Gasteiger partial charge in [-0.25, -0.2) is 0 Å². The highest BCUT2D eigenvalue weighted by Gasteiger charge is 2.30. The first-order valence-corrected chi connectivity index (χ1v) is 15.7. The molecule has 3 aromatic carbocycles. The Labute approximate surface area is 223 Å². The third kappa shape index (κ3) is 5.65. The second-order valence-corrected chi connectivity index (χ2v) is 15.6. The lowest BCUT2D eigenvalue weighted by molar-refractivity contribution is 0.791. The van der Waals surface area contributed by atoms with Crippen LogP contribution in [0.1, 0.15) is 122 Å². The van der Waals surface area contributed by atoms with E-state index in [0.717, 1.165) is 0 Å². The molecule has 0 bridgehead atoms. The molecule has 0 saturated heterocycles. The topological polar surface area (TPSA) is 0 Å². The molecule has 1 atom stereocenters. The average Bonchev–Trinajstić information content (AvgIpc) is 2.81. The zero-order chi connectivity index (χ0) is 26.9. The third-order valence-corrected chi connectivity index (χ3v) is 10.8. The zero-order valence-corrected chi connectivity index (χ0v) is 25.8.